The average molecular weight is 436 g/mol. The van der Waals surface area contributed by atoms with Gasteiger partial charge < -0.3 is 20.5 Å². The zero-order valence-corrected chi connectivity index (χ0v) is 15.1. The highest BCUT2D eigenvalue weighted by molar-refractivity contribution is 7.12. The number of ether oxygens (including phenoxy) is 1. The zero-order valence-electron chi connectivity index (χ0n) is 14.2. The lowest BCUT2D eigenvalue weighted by molar-refractivity contribution is -0.287. The van der Waals surface area contributed by atoms with Gasteiger partial charge in [0.2, 0.25) is 5.72 Å². The van der Waals surface area contributed by atoms with Crippen LogP contribution >= 0.6 is 11.3 Å². The van der Waals surface area contributed by atoms with Gasteiger partial charge in [0.05, 0.1) is 10.9 Å². The molecule has 29 heavy (non-hydrogen) atoms. The molecule has 1 aliphatic heterocycles. The first kappa shape index (κ1) is 21.0. The number of Topliss-reactive ketones (excluding diaryl/α,β-unsaturated/α-hetero) is 1. The van der Waals surface area contributed by atoms with Gasteiger partial charge in [-0.25, -0.2) is 4.79 Å². The summed E-state index contributed by atoms with van der Waals surface area (Å²) in [4.78, 5) is 24.7. The zero-order chi connectivity index (χ0) is 21.4. The molecule has 0 saturated carbocycles. The van der Waals surface area contributed by atoms with Crippen LogP contribution in [0.4, 0.5) is 26.7 Å². The first-order valence-electron chi connectivity index (χ1n) is 8.04. The van der Waals surface area contributed by atoms with Crippen LogP contribution in [-0.4, -0.2) is 35.4 Å². The molecule has 2 heterocycles. The summed E-state index contributed by atoms with van der Waals surface area (Å²) in [6.45, 7) is -3.30. The van der Waals surface area contributed by atoms with E-state index in [1.165, 1.54) is 35.0 Å². The molecule has 2 aromatic rings. The molecule has 0 spiro atoms. The Morgan fingerprint density at radius 2 is 1.90 bits per heavy atom. The highest BCUT2D eigenvalue weighted by atomic mass is 32.1. The Balaban J connectivity index is 2.18. The first-order valence-corrected chi connectivity index (χ1v) is 8.92. The van der Waals surface area contributed by atoms with Gasteiger partial charge in [0.25, 0.3) is 0 Å². The van der Waals surface area contributed by atoms with E-state index in [0.29, 0.717) is 0 Å². The highest BCUT2D eigenvalue weighted by Gasteiger charge is 2.66. The van der Waals surface area contributed by atoms with Crippen LogP contribution in [0.3, 0.4) is 0 Å². The van der Waals surface area contributed by atoms with Crippen LogP contribution in [0.2, 0.25) is 0 Å². The van der Waals surface area contributed by atoms with Gasteiger partial charge in [-0.2, -0.15) is 22.0 Å². The third-order valence-electron chi connectivity index (χ3n) is 4.32. The van der Waals surface area contributed by atoms with Crippen LogP contribution in [0.15, 0.2) is 41.8 Å². The Morgan fingerprint density at radius 3 is 2.48 bits per heavy atom. The Kier molecular flexibility index (Phi) is 5.50. The summed E-state index contributed by atoms with van der Waals surface area (Å²) >= 11 is 0.829. The number of hydrogen-bond acceptors (Lipinski definition) is 5. The number of nitrogens with one attached hydrogen (secondary N) is 2. The Hall–Kier alpha value is -2.73. The molecule has 156 valence electrons. The van der Waals surface area contributed by atoms with Crippen molar-refractivity contribution in [2.45, 2.75) is 24.6 Å². The summed E-state index contributed by atoms with van der Waals surface area (Å²) in [6, 6.07) is 4.20. The Labute approximate surface area is 164 Å². The summed E-state index contributed by atoms with van der Waals surface area (Å²) in [5.74, 6) is -3.99. The predicted molar refractivity (Wildman–Crippen MR) is 90.6 cm³/mol. The minimum atomic E-state index is -5.45. The standard InChI is InChI=1S/C17H13F5N2O4S/c18-14(19)28-9-5-2-1-4-8(9)12-11(13(25)10-6-3-7-29-10)16(27,17(20,21)22)24-15(26)23-12/h1-7,11-12,14,27H,(H2,23,24,26)/t11-,12-,16-/m0/s1. The maximum absolute atomic E-state index is 13.8. The van der Waals surface area contributed by atoms with Crippen molar-refractivity contribution < 1.29 is 41.4 Å². The highest BCUT2D eigenvalue weighted by Crippen LogP contribution is 2.46. The lowest BCUT2D eigenvalue weighted by Crippen LogP contribution is -2.72. The van der Waals surface area contributed by atoms with E-state index in [9.17, 15) is 36.6 Å². The second-order valence-corrected chi connectivity index (χ2v) is 7.02. The van der Waals surface area contributed by atoms with Crippen molar-refractivity contribution in [1.29, 1.82) is 0 Å². The van der Waals surface area contributed by atoms with Crippen LogP contribution in [0.25, 0.3) is 0 Å². The molecule has 0 bridgehead atoms. The maximum atomic E-state index is 13.8. The van der Waals surface area contributed by atoms with Crippen molar-refractivity contribution in [3.63, 3.8) is 0 Å². The third kappa shape index (κ3) is 3.90. The third-order valence-corrected chi connectivity index (χ3v) is 5.21. The number of rotatable bonds is 5. The number of carbonyl (C=O) groups excluding carboxylic acids is 2. The SMILES string of the molecule is O=C1N[C@@H](c2ccccc2OC(F)F)[C@@H](C(=O)c2cccs2)[C@](O)(C(F)(F)F)N1. The minimum absolute atomic E-state index is 0.118. The van der Waals surface area contributed by atoms with E-state index >= 15 is 0 Å². The van der Waals surface area contributed by atoms with Gasteiger partial charge in [-0.1, -0.05) is 24.3 Å². The quantitative estimate of drug-likeness (QED) is 0.495. The van der Waals surface area contributed by atoms with E-state index in [-0.39, 0.29) is 10.4 Å². The van der Waals surface area contributed by atoms with E-state index in [1.54, 1.807) is 0 Å². The molecule has 0 aliphatic carbocycles. The van der Waals surface area contributed by atoms with E-state index in [0.717, 1.165) is 23.5 Å². The van der Waals surface area contributed by atoms with Gasteiger partial charge in [-0.3, -0.25) is 4.79 Å². The summed E-state index contributed by atoms with van der Waals surface area (Å²) < 4.78 is 71.1. The number of benzene rings is 1. The van der Waals surface area contributed by atoms with Crippen molar-refractivity contribution in [3.8, 4) is 5.75 Å². The topological polar surface area (TPSA) is 87.7 Å². The van der Waals surface area contributed by atoms with Crippen molar-refractivity contribution in [2.24, 2.45) is 5.92 Å². The minimum Gasteiger partial charge on any atom is -0.434 e. The Morgan fingerprint density at radius 1 is 1.21 bits per heavy atom. The van der Waals surface area contributed by atoms with E-state index in [2.05, 4.69) is 10.1 Å². The lowest BCUT2D eigenvalue weighted by atomic mass is 9.78. The number of ketones is 1. The smallest absolute Gasteiger partial charge is 0.434 e. The fraction of sp³-hybridized carbons (Fsp3) is 0.294. The number of halogens is 5. The molecule has 3 atom stereocenters. The van der Waals surface area contributed by atoms with Crippen molar-refractivity contribution >= 4 is 23.2 Å². The van der Waals surface area contributed by atoms with Crippen LogP contribution in [0.1, 0.15) is 21.3 Å². The number of hydrogen-bond donors (Lipinski definition) is 3. The van der Waals surface area contributed by atoms with E-state index in [4.69, 9.17) is 0 Å². The molecule has 1 fully saturated rings. The van der Waals surface area contributed by atoms with Gasteiger partial charge >= 0.3 is 18.8 Å². The number of thiophene rings is 1. The van der Waals surface area contributed by atoms with E-state index in [1.807, 2.05) is 0 Å². The molecule has 3 rings (SSSR count). The molecule has 0 radical (unpaired) electrons. The molecule has 1 saturated heterocycles. The van der Waals surface area contributed by atoms with Gasteiger partial charge in [0.15, 0.2) is 5.78 Å². The summed E-state index contributed by atoms with van der Waals surface area (Å²) in [5, 5.41) is 15.3. The fourth-order valence-corrected chi connectivity index (χ4v) is 3.82. The first-order chi connectivity index (χ1) is 13.5. The Bertz CT molecular complexity index is 905. The summed E-state index contributed by atoms with van der Waals surface area (Å²) in [5.41, 5.74) is -4.26. The average Bonchev–Trinajstić information content (AvgIpc) is 3.14. The van der Waals surface area contributed by atoms with Crippen LogP contribution in [-0.2, 0) is 0 Å². The predicted octanol–water partition coefficient (Wildman–Crippen LogP) is 3.45. The fourth-order valence-electron chi connectivity index (χ4n) is 3.11. The van der Waals surface area contributed by atoms with Gasteiger partial charge in [0.1, 0.15) is 11.7 Å². The molecule has 1 aromatic carbocycles. The van der Waals surface area contributed by atoms with Gasteiger partial charge in [-0.05, 0) is 17.5 Å². The van der Waals surface area contributed by atoms with E-state index < -0.39 is 48.0 Å². The summed E-state index contributed by atoms with van der Waals surface area (Å²) in [6.07, 6.45) is -5.45. The number of alkyl halides is 5. The van der Waals surface area contributed by atoms with Crippen molar-refractivity contribution in [1.82, 2.24) is 10.6 Å². The largest absolute Gasteiger partial charge is 0.437 e. The maximum Gasteiger partial charge on any atom is 0.437 e. The van der Waals surface area contributed by atoms with Crippen LogP contribution in [0.5, 0.6) is 5.75 Å². The molecule has 2 amide bonds. The molecule has 0 unspecified atom stereocenters. The van der Waals surface area contributed by atoms with Crippen LogP contribution in [0, 0.1) is 5.92 Å². The van der Waals surface area contributed by atoms with Crippen molar-refractivity contribution in [2.75, 3.05) is 0 Å². The molecule has 6 nitrogen and oxygen atoms in total. The summed E-state index contributed by atoms with van der Waals surface area (Å²) in [7, 11) is 0. The number of urea groups is 1. The molecule has 1 aliphatic rings. The number of para-hydroxylation sites is 1. The van der Waals surface area contributed by atoms with Crippen molar-refractivity contribution in [3.05, 3.63) is 52.2 Å². The number of carbonyl (C=O) groups is 2. The molecule has 12 heteroatoms. The monoisotopic (exact) mass is 436 g/mol. The molecule has 1 aromatic heterocycles. The second-order valence-electron chi connectivity index (χ2n) is 6.08. The molecular weight excluding hydrogens is 423 g/mol. The molecular formula is C17H13F5N2O4S. The molecule has 3 N–H and O–H groups in total. The number of aliphatic hydroxyl groups is 1. The normalized spacial score (nSPS) is 24.7. The van der Waals surface area contributed by atoms with Gasteiger partial charge in [-0.15, -0.1) is 11.3 Å². The van der Waals surface area contributed by atoms with Crippen LogP contribution < -0.4 is 15.4 Å². The number of amides is 2. The lowest BCUT2D eigenvalue weighted by Gasteiger charge is -2.45. The second kappa shape index (κ2) is 7.59. The van der Waals surface area contributed by atoms with Gasteiger partial charge in [0, 0.05) is 5.56 Å².